The minimum Gasteiger partial charge on any atom is -0.495 e. The van der Waals surface area contributed by atoms with Gasteiger partial charge in [-0.15, -0.1) is 0 Å². The van der Waals surface area contributed by atoms with Gasteiger partial charge in [-0.25, -0.2) is 18.1 Å². The molecule has 3 heterocycles. The normalized spacial score (nSPS) is 15.3. The molecule has 0 bridgehead atoms. The van der Waals surface area contributed by atoms with Gasteiger partial charge in [-0.2, -0.15) is 0 Å². The van der Waals surface area contributed by atoms with E-state index in [1.54, 1.807) is 0 Å². The number of carbonyl (C=O) groups excluding carboxylic acids is 1. The van der Waals surface area contributed by atoms with Crippen molar-refractivity contribution in [2.75, 3.05) is 37.4 Å². The van der Waals surface area contributed by atoms with Crippen LogP contribution in [0.5, 0.6) is 11.5 Å². The standard InChI is InChI=1S/C20H24N4O5S/c1-28-17-10-15-16(29-12-19(25)24-15)11-18(17)30(26,27)22-9-3-5-14-7-6-13-4-2-8-21-20(13)23-14/h6-7,10-11,22H,2-5,8-9,12H2,1H3,(H,21,23)(H,24,25). The Morgan fingerprint density at radius 1 is 1.30 bits per heavy atom. The van der Waals surface area contributed by atoms with Gasteiger partial charge in [-0.05, 0) is 37.3 Å². The number of pyridine rings is 1. The summed E-state index contributed by atoms with van der Waals surface area (Å²) in [6, 6.07) is 6.90. The largest absolute Gasteiger partial charge is 0.495 e. The summed E-state index contributed by atoms with van der Waals surface area (Å²) in [7, 11) is -2.44. The Hall–Kier alpha value is -2.85. The third-order valence-corrected chi connectivity index (χ3v) is 6.52. The van der Waals surface area contributed by atoms with Crippen LogP contribution in [0, 0.1) is 0 Å². The van der Waals surface area contributed by atoms with E-state index in [1.807, 2.05) is 6.07 Å². The Morgan fingerprint density at radius 2 is 2.17 bits per heavy atom. The van der Waals surface area contributed by atoms with E-state index in [0.717, 1.165) is 30.9 Å². The molecule has 9 nitrogen and oxygen atoms in total. The smallest absolute Gasteiger partial charge is 0.262 e. The number of hydrogen-bond donors (Lipinski definition) is 3. The average molecular weight is 433 g/mol. The zero-order chi connectivity index (χ0) is 21.1. The molecule has 0 unspecified atom stereocenters. The first kappa shape index (κ1) is 20.4. The highest BCUT2D eigenvalue weighted by Crippen LogP contribution is 2.37. The van der Waals surface area contributed by atoms with E-state index >= 15 is 0 Å². The van der Waals surface area contributed by atoms with Gasteiger partial charge in [-0.3, -0.25) is 4.79 Å². The molecule has 0 atom stereocenters. The van der Waals surface area contributed by atoms with Gasteiger partial charge in [0.15, 0.2) is 6.61 Å². The summed E-state index contributed by atoms with van der Waals surface area (Å²) in [5, 5.41) is 5.94. The van der Waals surface area contributed by atoms with Crippen molar-refractivity contribution in [3.8, 4) is 11.5 Å². The lowest BCUT2D eigenvalue weighted by molar-refractivity contribution is -0.118. The number of nitrogens with one attached hydrogen (secondary N) is 3. The zero-order valence-electron chi connectivity index (χ0n) is 16.7. The van der Waals surface area contributed by atoms with Gasteiger partial charge < -0.3 is 20.1 Å². The number of hydrogen-bond acceptors (Lipinski definition) is 7. The van der Waals surface area contributed by atoms with Crippen LogP contribution >= 0.6 is 0 Å². The highest BCUT2D eigenvalue weighted by molar-refractivity contribution is 7.89. The third kappa shape index (κ3) is 4.34. The molecule has 1 aromatic carbocycles. The Labute approximate surface area is 175 Å². The van der Waals surface area contributed by atoms with Gasteiger partial charge in [0.1, 0.15) is 22.2 Å². The second-order valence-corrected chi connectivity index (χ2v) is 8.91. The monoisotopic (exact) mass is 432 g/mol. The van der Waals surface area contributed by atoms with Gasteiger partial charge in [0, 0.05) is 30.9 Å². The highest BCUT2D eigenvalue weighted by Gasteiger charge is 2.25. The van der Waals surface area contributed by atoms with Crippen molar-refractivity contribution in [1.29, 1.82) is 0 Å². The molecule has 10 heteroatoms. The minimum atomic E-state index is -3.82. The summed E-state index contributed by atoms with van der Waals surface area (Å²) in [5.74, 6) is 1.06. The van der Waals surface area contributed by atoms with Crippen LogP contribution in [-0.2, 0) is 27.7 Å². The quantitative estimate of drug-likeness (QED) is 0.570. The lowest BCUT2D eigenvalue weighted by atomic mass is 10.1. The molecule has 4 rings (SSSR count). The van der Waals surface area contributed by atoms with Crippen LogP contribution < -0.4 is 24.8 Å². The average Bonchev–Trinajstić information content (AvgIpc) is 2.75. The van der Waals surface area contributed by atoms with E-state index in [1.165, 1.54) is 24.8 Å². The van der Waals surface area contributed by atoms with Crippen molar-refractivity contribution in [3.63, 3.8) is 0 Å². The van der Waals surface area contributed by atoms with E-state index in [9.17, 15) is 13.2 Å². The predicted octanol–water partition coefficient (Wildman–Crippen LogP) is 1.69. The first-order chi connectivity index (χ1) is 14.5. The van der Waals surface area contributed by atoms with Gasteiger partial charge in [-0.1, -0.05) is 6.07 Å². The number of benzene rings is 1. The Balaban J connectivity index is 1.40. The summed E-state index contributed by atoms with van der Waals surface area (Å²) < 4.78 is 38.8. The first-order valence-corrected chi connectivity index (χ1v) is 11.3. The Kier molecular flexibility index (Phi) is 5.78. The molecular weight excluding hydrogens is 408 g/mol. The fraction of sp³-hybridized carbons (Fsp3) is 0.400. The number of aromatic nitrogens is 1. The van der Waals surface area contributed by atoms with E-state index in [2.05, 4.69) is 26.4 Å². The van der Waals surface area contributed by atoms with Gasteiger partial charge >= 0.3 is 0 Å². The highest BCUT2D eigenvalue weighted by atomic mass is 32.2. The van der Waals surface area contributed by atoms with Crippen LogP contribution in [0.3, 0.4) is 0 Å². The second kappa shape index (κ2) is 8.49. The van der Waals surface area contributed by atoms with Crippen molar-refractivity contribution in [3.05, 3.63) is 35.5 Å². The number of nitrogens with zero attached hydrogens (tertiary/aromatic N) is 1. The molecule has 1 amide bonds. The van der Waals surface area contributed by atoms with Crippen molar-refractivity contribution in [2.45, 2.75) is 30.6 Å². The van der Waals surface area contributed by atoms with Gasteiger partial charge in [0.2, 0.25) is 10.0 Å². The van der Waals surface area contributed by atoms with Crippen molar-refractivity contribution in [1.82, 2.24) is 9.71 Å². The Bertz CT molecular complexity index is 1070. The Morgan fingerprint density at radius 3 is 3.00 bits per heavy atom. The fourth-order valence-corrected chi connectivity index (χ4v) is 4.76. The molecule has 1 aromatic heterocycles. The summed E-state index contributed by atoms with van der Waals surface area (Å²) >= 11 is 0. The maximum absolute atomic E-state index is 12.8. The molecule has 0 spiro atoms. The molecule has 2 aliphatic heterocycles. The lowest BCUT2D eigenvalue weighted by Gasteiger charge is -2.20. The molecule has 3 N–H and O–H groups in total. The van der Waals surface area contributed by atoms with E-state index in [4.69, 9.17) is 9.47 Å². The number of rotatable bonds is 7. The number of amides is 1. The fourth-order valence-electron chi connectivity index (χ4n) is 3.52. The van der Waals surface area contributed by atoms with Crippen LogP contribution in [0.1, 0.15) is 24.1 Å². The number of methoxy groups -OCH3 is 1. The second-order valence-electron chi connectivity index (χ2n) is 7.18. The van der Waals surface area contributed by atoms with Crippen LogP contribution in [0.2, 0.25) is 0 Å². The number of carbonyl (C=O) groups is 1. The molecule has 0 fully saturated rings. The van der Waals surface area contributed by atoms with Crippen molar-refractivity contribution in [2.24, 2.45) is 0 Å². The number of fused-ring (bicyclic) bond motifs is 2. The third-order valence-electron chi connectivity index (χ3n) is 5.04. The maximum Gasteiger partial charge on any atom is 0.262 e. The molecule has 0 aliphatic carbocycles. The minimum absolute atomic E-state index is 0.0315. The summed E-state index contributed by atoms with van der Waals surface area (Å²) in [6.07, 6.45) is 3.41. The molecule has 30 heavy (non-hydrogen) atoms. The lowest BCUT2D eigenvalue weighted by Crippen LogP contribution is -2.28. The van der Waals surface area contributed by atoms with Crippen molar-refractivity contribution >= 4 is 27.4 Å². The molecule has 160 valence electrons. The summed E-state index contributed by atoms with van der Waals surface area (Å²) in [4.78, 5) is 16.1. The summed E-state index contributed by atoms with van der Waals surface area (Å²) in [6.45, 7) is 1.03. The van der Waals surface area contributed by atoms with E-state index < -0.39 is 10.0 Å². The zero-order valence-corrected chi connectivity index (χ0v) is 17.5. The molecule has 2 aromatic rings. The maximum atomic E-state index is 12.8. The van der Waals surface area contributed by atoms with Crippen LogP contribution in [0.25, 0.3) is 0 Å². The van der Waals surface area contributed by atoms with Gasteiger partial charge in [0.25, 0.3) is 5.91 Å². The first-order valence-electron chi connectivity index (χ1n) is 9.83. The number of anilines is 2. The van der Waals surface area contributed by atoms with Crippen LogP contribution in [0.4, 0.5) is 11.5 Å². The van der Waals surface area contributed by atoms with Crippen molar-refractivity contribution < 1.29 is 22.7 Å². The molecule has 2 aliphatic rings. The van der Waals surface area contributed by atoms with E-state index in [0.29, 0.717) is 24.3 Å². The topological polar surface area (TPSA) is 119 Å². The number of ether oxygens (including phenoxy) is 2. The summed E-state index contributed by atoms with van der Waals surface area (Å²) in [5.41, 5.74) is 2.54. The number of sulfonamides is 1. The number of aryl methyl sites for hydroxylation is 2. The molecule has 0 saturated carbocycles. The molecular formula is C20H24N4O5S. The van der Waals surface area contributed by atoms with Crippen LogP contribution in [0.15, 0.2) is 29.2 Å². The SMILES string of the molecule is COc1cc2c(cc1S(=O)(=O)NCCCc1ccc3c(n1)NCCC3)OCC(=O)N2. The predicted molar refractivity (Wildman–Crippen MR) is 112 cm³/mol. The van der Waals surface area contributed by atoms with E-state index in [-0.39, 0.29) is 29.7 Å². The van der Waals surface area contributed by atoms with Crippen LogP contribution in [-0.4, -0.2) is 46.1 Å². The van der Waals surface area contributed by atoms with Gasteiger partial charge in [0.05, 0.1) is 12.8 Å². The molecule has 0 radical (unpaired) electrons. The molecule has 0 saturated heterocycles.